The van der Waals surface area contributed by atoms with Crippen molar-refractivity contribution in [2.75, 3.05) is 4.90 Å². The minimum Gasteiger partial charge on any atom is -0.379 e. The summed E-state index contributed by atoms with van der Waals surface area (Å²) in [5.74, 6) is -1.75. The topological polar surface area (TPSA) is 110 Å². The van der Waals surface area contributed by atoms with Crippen LogP contribution in [-0.4, -0.2) is 26.3 Å². The van der Waals surface area contributed by atoms with Gasteiger partial charge in [0, 0.05) is 5.02 Å². The van der Waals surface area contributed by atoms with Crippen molar-refractivity contribution in [1.82, 2.24) is 5.32 Å². The highest BCUT2D eigenvalue weighted by atomic mass is 35.5. The van der Waals surface area contributed by atoms with Crippen LogP contribution >= 0.6 is 11.6 Å². The van der Waals surface area contributed by atoms with Crippen LogP contribution in [0.3, 0.4) is 0 Å². The maximum Gasteiger partial charge on any atom is 0.339 e. The normalized spacial score (nSPS) is 15.5. The number of amides is 4. The van der Waals surface area contributed by atoms with Crippen LogP contribution in [0.4, 0.5) is 10.5 Å². The van der Waals surface area contributed by atoms with Crippen LogP contribution in [0.2, 0.25) is 5.02 Å². The Morgan fingerprint density at radius 2 is 1.61 bits per heavy atom. The van der Waals surface area contributed by atoms with Gasteiger partial charge in [0.05, 0.1) is 5.69 Å². The lowest BCUT2D eigenvalue weighted by Gasteiger charge is -2.26. The van der Waals surface area contributed by atoms with Crippen molar-refractivity contribution in [3.05, 3.63) is 95.0 Å². The van der Waals surface area contributed by atoms with Crippen LogP contribution in [0.1, 0.15) is 5.56 Å². The Morgan fingerprint density at radius 3 is 2.33 bits per heavy atom. The first-order chi connectivity index (χ1) is 15.7. The maximum atomic E-state index is 13.0. The summed E-state index contributed by atoms with van der Waals surface area (Å²) in [6, 6.07) is 18.6. The summed E-state index contributed by atoms with van der Waals surface area (Å²) < 4.78 is 30.1. The molecule has 1 N–H and O–H groups in total. The molecule has 0 unspecified atom stereocenters. The first-order valence-electron chi connectivity index (χ1n) is 9.51. The molecule has 0 radical (unpaired) electrons. The summed E-state index contributed by atoms with van der Waals surface area (Å²) in [5, 5.41) is 2.42. The van der Waals surface area contributed by atoms with Gasteiger partial charge in [-0.3, -0.25) is 14.9 Å². The van der Waals surface area contributed by atoms with Crippen molar-refractivity contribution in [1.29, 1.82) is 0 Å². The predicted octanol–water partition coefficient (Wildman–Crippen LogP) is 3.77. The number of halogens is 1. The number of carbonyl (C=O) groups is 3. The molecule has 4 amide bonds. The lowest BCUT2D eigenvalue weighted by Crippen LogP contribution is -2.54. The molecule has 1 heterocycles. The van der Waals surface area contributed by atoms with Crippen molar-refractivity contribution in [3.63, 3.8) is 0 Å². The quantitative estimate of drug-likeness (QED) is 0.337. The Hall–Kier alpha value is -3.95. The molecule has 166 valence electrons. The van der Waals surface area contributed by atoms with Gasteiger partial charge in [0.2, 0.25) is 0 Å². The van der Waals surface area contributed by atoms with E-state index in [4.69, 9.17) is 15.8 Å². The van der Waals surface area contributed by atoms with Crippen molar-refractivity contribution >= 4 is 51.3 Å². The van der Waals surface area contributed by atoms with E-state index in [0.717, 1.165) is 4.90 Å². The molecule has 1 saturated heterocycles. The number of nitrogens with one attached hydrogen (secondary N) is 1. The van der Waals surface area contributed by atoms with E-state index in [1.807, 2.05) is 0 Å². The highest BCUT2D eigenvalue weighted by Crippen LogP contribution is 2.26. The zero-order valence-electron chi connectivity index (χ0n) is 16.8. The fourth-order valence-electron chi connectivity index (χ4n) is 3.09. The summed E-state index contributed by atoms with van der Waals surface area (Å²) in [5.41, 5.74) is 0.182. The molecule has 0 aromatic heterocycles. The van der Waals surface area contributed by atoms with Gasteiger partial charge in [-0.2, -0.15) is 8.42 Å². The van der Waals surface area contributed by atoms with Gasteiger partial charge < -0.3 is 4.18 Å². The number of barbiturate groups is 1. The SMILES string of the molecule is O=C1NC(=O)N(c2cccc(Cl)c2)C(=O)/C1=C\c1cccc(OS(=O)(=O)c2ccccc2)c1. The number of urea groups is 1. The van der Waals surface area contributed by atoms with Gasteiger partial charge in [0.1, 0.15) is 16.2 Å². The number of anilines is 1. The van der Waals surface area contributed by atoms with Crippen LogP contribution in [0, 0.1) is 0 Å². The Bertz CT molecular complexity index is 1400. The summed E-state index contributed by atoms with van der Waals surface area (Å²) in [6.45, 7) is 0. The molecule has 10 heteroatoms. The molecule has 1 aliphatic rings. The van der Waals surface area contributed by atoms with E-state index in [-0.39, 0.29) is 21.9 Å². The molecule has 0 atom stereocenters. The molecule has 8 nitrogen and oxygen atoms in total. The fourth-order valence-corrected chi connectivity index (χ4v) is 4.22. The van der Waals surface area contributed by atoms with Crippen molar-refractivity contribution in [2.45, 2.75) is 4.90 Å². The molecule has 3 aromatic rings. The lowest BCUT2D eigenvalue weighted by atomic mass is 10.1. The Kier molecular flexibility index (Phi) is 5.99. The highest BCUT2D eigenvalue weighted by Gasteiger charge is 2.36. The Morgan fingerprint density at radius 1 is 0.879 bits per heavy atom. The third-order valence-corrected chi connectivity index (χ3v) is 6.07. The van der Waals surface area contributed by atoms with Crippen molar-refractivity contribution < 1.29 is 27.0 Å². The van der Waals surface area contributed by atoms with Gasteiger partial charge in [-0.25, -0.2) is 9.69 Å². The number of imide groups is 2. The van der Waals surface area contributed by atoms with Crippen LogP contribution in [0.15, 0.2) is 89.3 Å². The molecule has 0 bridgehead atoms. The van der Waals surface area contributed by atoms with Gasteiger partial charge in [-0.15, -0.1) is 0 Å². The van der Waals surface area contributed by atoms with Gasteiger partial charge >= 0.3 is 16.1 Å². The molecule has 0 spiro atoms. The third kappa shape index (κ3) is 4.79. The summed E-state index contributed by atoms with van der Waals surface area (Å²) >= 11 is 5.95. The average Bonchev–Trinajstić information content (AvgIpc) is 2.77. The average molecular weight is 483 g/mol. The highest BCUT2D eigenvalue weighted by molar-refractivity contribution is 7.87. The predicted molar refractivity (Wildman–Crippen MR) is 121 cm³/mol. The van der Waals surface area contributed by atoms with E-state index < -0.39 is 28.0 Å². The van der Waals surface area contributed by atoms with Crippen LogP contribution in [0.5, 0.6) is 5.75 Å². The molecule has 4 rings (SSSR count). The largest absolute Gasteiger partial charge is 0.379 e. The minimum absolute atomic E-state index is 0.0142. The van der Waals surface area contributed by atoms with E-state index in [2.05, 4.69) is 5.32 Å². The molecule has 3 aromatic carbocycles. The van der Waals surface area contributed by atoms with Gasteiger partial charge in [0.25, 0.3) is 11.8 Å². The van der Waals surface area contributed by atoms with E-state index in [0.29, 0.717) is 10.6 Å². The number of nitrogens with zero attached hydrogens (tertiary/aromatic N) is 1. The van der Waals surface area contributed by atoms with Crippen LogP contribution in [0.25, 0.3) is 6.08 Å². The van der Waals surface area contributed by atoms with Crippen molar-refractivity contribution in [3.8, 4) is 5.75 Å². The smallest absolute Gasteiger partial charge is 0.339 e. The summed E-state index contributed by atoms with van der Waals surface area (Å²) in [7, 11) is -4.07. The maximum absolute atomic E-state index is 13.0. The standard InChI is InChI=1S/C23H15ClN2O6S/c24-16-7-5-8-17(14-16)26-22(28)20(21(27)25-23(26)29)13-15-6-4-9-18(12-15)32-33(30,31)19-10-2-1-3-11-19/h1-14H,(H,25,27,29)/b20-13-. The number of rotatable bonds is 5. The van der Waals surface area contributed by atoms with Crippen LogP contribution in [-0.2, 0) is 19.7 Å². The molecule has 0 saturated carbocycles. The molecule has 0 aliphatic carbocycles. The van der Waals surface area contributed by atoms with E-state index in [1.165, 1.54) is 48.5 Å². The monoisotopic (exact) mass is 482 g/mol. The Labute approximate surface area is 194 Å². The van der Waals surface area contributed by atoms with E-state index >= 15 is 0 Å². The van der Waals surface area contributed by atoms with Gasteiger partial charge in [-0.05, 0) is 54.1 Å². The summed E-state index contributed by atoms with van der Waals surface area (Å²) in [6.07, 6.45) is 1.24. The second kappa shape index (κ2) is 8.89. The molecular formula is C23H15ClN2O6S. The van der Waals surface area contributed by atoms with E-state index in [1.54, 1.807) is 36.4 Å². The first kappa shape index (κ1) is 22.3. The fraction of sp³-hybridized carbons (Fsp3) is 0. The molecule has 1 fully saturated rings. The lowest BCUT2D eigenvalue weighted by molar-refractivity contribution is -0.122. The Balaban J connectivity index is 1.65. The third-order valence-electron chi connectivity index (χ3n) is 4.57. The van der Waals surface area contributed by atoms with E-state index in [9.17, 15) is 22.8 Å². The number of benzene rings is 3. The second-order valence-corrected chi connectivity index (χ2v) is 8.84. The number of carbonyl (C=O) groups excluding carboxylic acids is 3. The van der Waals surface area contributed by atoms with Gasteiger partial charge in [0.15, 0.2) is 0 Å². The number of hydrogen-bond donors (Lipinski definition) is 1. The molecule has 1 aliphatic heterocycles. The number of hydrogen-bond acceptors (Lipinski definition) is 6. The second-order valence-electron chi connectivity index (χ2n) is 6.86. The zero-order valence-corrected chi connectivity index (χ0v) is 18.3. The zero-order chi connectivity index (χ0) is 23.6. The van der Waals surface area contributed by atoms with Gasteiger partial charge in [-0.1, -0.05) is 48.0 Å². The first-order valence-corrected chi connectivity index (χ1v) is 11.3. The van der Waals surface area contributed by atoms with Crippen molar-refractivity contribution in [2.24, 2.45) is 0 Å². The minimum atomic E-state index is -4.07. The molecular weight excluding hydrogens is 468 g/mol. The molecule has 33 heavy (non-hydrogen) atoms. The summed E-state index contributed by atoms with van der Waals surface area (Å²) in [4.78, 5) is 38.4. The van der Waals surface area contributed by atoms with Crippen LogP contribution < -0.4 is 14.4 Å².